The molecule has 1 aromatic rings. The van der Waals surface area contributed by atoms with Gasteiger partial charge < -0.3 is 14.4 Å². The van der Waals surface area contributed by atoms with Gasteiger partial charge in [0.15, 0.2) is 11.5 Å². The lowest BCUT2D eigenvalue weighted by Gasteiger charge is -2.35. The summed E-state index contributed by atoms with van der Waals surface area (Å²) in [6, 6.07) is 8.10. The molecule has 1 fully saturated rings. The van der Waals surface area contributed by atoms with Crippen molar-refractivity contribution >= 4 is 5.91 Å². The second-order valence-corrected chi connectivity index (χ2v) is 5.57. The van der Waals surface area contributed by atoms with Gasteiger partial charge in [0.1, 0.15) is 6.61 Å². The molecule has 4 rings (SSSR count). The van der Waals surface area contributed by atoms with Crippen LogP contribution in [0, 0.1) is 0 Å². The maximum absolute atomic E-state index is 12.7. The molecule has 0 radical (unpaired) electrons. The number of hydrogen-bond acceptors (Lipinski definition) is 3. The van der Waals surface area contributed by atoms with Crippen molar-refractivity contribution in [3.63, 3.8) is 0 Å². The summed E-state index contributed by atoms with van der Waals surface area (Å²) in [4.78, 5) is 14.7. The molecule has 3 atom stereocenters. The van der Waals surface area contributed by atoms with Crippen LogP contribution in [0.25, 0.3) is 0 Å². The lowest BCUT2D eigenvalue weighted by Crippen LogP contribution is -2.51. The Hall–Kier alpha value is -1.97. The summed E-state index contributed by atoms with van der Waals surface area (Å²) in [5, 5.41) is 0. The fraction of sp³-hybridized carbons (Fsp3) is 0.438. The Morgan fingerprint density at radius 1 is 1.20 bits per heavy atom. The Balaban J connectivity index is 1.55. The molecule has 0 spiro atoms. The Morgan fingerprint density at radius 3 is 2.90 bits per heavy atom. The fourth-order valence-corrected chi connectivity index (χ4v) is 3.38. The second-order valence-electron chi connectivity index (χ2n) is 5.57. The molecule has 104 valence electrons. The van der Waals surface area contributed by atoms with Gasteiger partial charge in [-0.2, -0.15) is 0 Å². The third-order valence-electron chi connectivity index (χ3n) is 4.35. The molecular formula is C16H17NO3. The smallest absolute Gasteiger partial charge is 0.268 e. The first-order chi connectivity index (χ1) is 9.83. The summed E-state index contributed by atoms with van der Waals surface area (Å²) < 4.78 is 11.5. The Bertz CT molecular complexity index is 569. The first kappa shape index (κ1) is 11.8. The first-order valence-electron chi connectivity index (χ1n) is 7.20. The summed E-state index contributed by atoms with van der Waals surface area (Å²) in [6.45, 7) is 0.301. The Labute approximate surface area is 118 Å². The van der Waals surface area contributed by atoms with E-state index in [0.717, 1.165) is 25.0 Å². The number of hydrogen-bond donors (Lipinski definition) is 0. The van der Waals surface area contributed by atoms with Gasteiger partial charge in [-0.3, -0.25) is 4.79 Å². The standard InChI is InChI=1S/C16H17NO3/c18-16(17-11-4-3-5-12(17)9-8-11)15-10-19-13-6-1-2-7-14(13)20-15/h1-4,6-7,11-12,15H,5,8-10H2/t11-,12-,15+/m0/s1. The number of fused-ring (bicyclic) bond motifs is 3. The predicted octanol–water partition coefficient (Wildman–Crippen LogP) is 2.15. The maximum Gasteiger partial charge on any atom is 0.268 e. The van der Waals surface area contributed by atoms with Crippen LogP contribution in [-0.4, -0.2) is 35.6 Å². The van der Waals surface area contributed by atoms with Gasteiger partial charge in [0.05, 0.1) is 6.04 Å². The third kappa shape index (κ3) is 1.79. The van der Waals surface area contributed by atoms with Crippen LogP contribution in [0.3, 0.4) is 0 Å². The highest BCUT2D eigenvalue weighted by Gasteiger charge is 2.41. The number of amides is 1. The van der Waals surface area contributed by atoms with Gasteiger partial charge in [-0.25, -0.2) is 0 Å². The van der Waals surface area contributed by atoms with Crippen LogP contribution >= 0.6 is 0 Å². The molecule has 20 heavy (non-hydrogen) atoms. The van der Waals surface area contributed by atoms with E-state index in [9.17, 15) is 4.79 Å². The molecular weight excluding hydrogens is 254 g/mol. The minimum absolute atomic E-state index is 0.0661. The zero-order valence-electron chi connectivity index (χ0n) is 11.2. The normalized spacial score (nSPS) is 30.4. The molecule has 0 saturated carbocycles. The zero-order valence-corrected chi connectivity index (χ0v) is 11.2. The van der Waals surface area contributed by atoms with Crippen LogP contribution in [0.5, 0.6) is 11.5 Å². The highest BCUT2D eigenvalue weighted by Crippen LogP contribution is 2.35. The summed E-state index contributed by atoms with van der Waals surface area (Å²) in [6.07, 6.45) is 6.95. The van der Waals surface area contributed by atoms with Crippen LogP contribution in [0.15, 0.2) is 36.4 Å². The van der Waals surface area contributed by atoms with Crippen LogP contribution < -0.4 is 9.47 Å². The molecule has 3 aliphatic rings. The number of para-hydroxylation sites is 2. The van der Waals surface area contributed by atoms with E-state index in [1.165, 1.54) is 0 Å². The lowest BCUT2D eigenvalue weighted by molar-refractivity contribution is -0.143. The zero-order chi connectivity index (χ0) is 13.5. The Morgan fingerprint density at radius 2 is 2.05 bits per heavy atom. The van der Waals surface area contributed by atoms with Crippen LogP contribution in [0.2, 0.25) is 0 Å². The predicted molar refractivity (Wildman–Crippen MR) is 73.8 cm³/mol. The van der Waals surface area contributed by atoms with Crippen LogP contribution in [0.4, 0.5) is 0 Å². The molecule has 0 unspecified atom stereocenters. The van der Waals surface area contributed by atoms with E-state index in [-0.39, 0.29) is 11.9 Å². The van der Waals surface area contributed by atoms with Crippen molar-refractivity contribution in [2.45, 2.75) is 37.5 Å². The van der Waals surface area contributed by atoms with E-state index in [1.807, 2.05) is 29.2 Å². The number of rotatable bonds is 1. The summed E-state index contributed by atoms with van der Waals surface area (Å²) in [7, 11) is 0. The Kier molecular flexibility index (Phi) is 2.69. The molecule has 0 aromatic heterocycles. The largest absolute Gasteiger partial charge is 0.485 e. The monoisotopic (exact) mass is 271 g/mol. The van der Waals surface area contributed by atoms with Gasteiger partial charge in [0.25, 0.3) is 5.91 Å². The van der Waals surface area contributed by atoms with Gasteiger partial charge in [-0.05, 0) is 31.4 Å². The number of ether oxygens (including phenoxy) is 2. The molecule has 1 amide bonds. The van der Waals surface area contributed by atoms with E-state index in [0.29, 0.717) is 18.4 Å². The molecule has 4 nitrogen and oxygen atoms in total. The van der Waals surface area contributed by atoms with E-state index >= 15 is 0 Å². The van der Waals surface area contributed by atoms with Gasteiger partial charge in [-0.15, -0.1) is 0 Å². The van der Waals surface area contributed by atoms with E-state index in [2.05, 4.69) is 12.2 Å². The molecule has 2 bridgehead atoms. The number of carbonyl (C=O) groups is 1. The fourth-order valence-electron chi connectivity index (χ4n) is 3.38. The molecule has 4 heteroatoms. The van der Waals surface area contributed by atoms with Crippen molar-refractivity contribution in [1.29, 1.82) is 0 Å². The molecule has 3 heterocycles. The molecule has 1 aromatic carbocycles. The van der Waals surface area contributed by atoms with Gasteiger partial charge in [0, 0.05) is 6.04 Å². The molecule has 3 aliphatic heterocycles. The average molecular weight is 271 g/mol. The molecule has 0 N–H and O–H groups in total. The quantitative estimate of drug-likeness (QED) is 0.735. The minimum atomic E-state index is -0.514. The van der Waals surface area contributed by atoms with Crippen LogP contribution in [-0.2, 0) is 4.79 Å². The van der Waals surface area contributed by atoms with Crippen molar-refractivity contribution in [3.8, 4) is 11.5 Å². The van der Waals surface area contributed by atoms with E-state index in [4.69, 9.17) is 9.47 Å². The highest BCUT2D eigenvalue weighted by atomic mass is 16.6. The maximum atomic E-state index is 12.7. The number of nitrogens with zero attached hydrogens (tertiary/aromatic N) is 1. The summed E-state index contributed by atoms with van der Waals surface area (Å²) in [5.41, 5.74) is 0. The van der Waals surface area contributed by atoms with Crippen molar-refractivity contribution in [2.75, 3.05) is 6.61 Å². The number of carbonyl (C=O) groups excluding carboxylic acids is 1. The van der Waals surface area contributed by atoms with Gasteiger partial charge >= 0.3 is 0 Å². The van der Waals surface area contributed by atoms with E-state index in [1.54, 1.807) is 0 Å². The third-order valence-corrected chi connectivity index (χ3v) is 4.35. The molecule has 1 saturated heterocycles. The van der Waals surface area contributed by atoms with Gasteiger partial charge in [-0.1, -0.05) is 24.3 Å². The average Bonchev–Trinajstić information content (AvgIpc) is 2.75. The van der Waals surface area contributed by atoms with Crippen molar-refractivity contribution in [3.05, 3.63) is 36.4 Å². The van der Waals surface area contributed by atoms with Gasteiger partial charge in [0.2, 0.25) is 6.10 Å². The number of benzene rings is 1. The first-order valence-corrected chi connectivity index (χ1v) is 7.20. The topological polar surface area (TPSA) is 38.8 Å². The van der Waals surface area contributed by atoms with Crippen molar-refractivity contribution in [2.24, 2.45) is 0 Å². The SMILES string of the molecule is O=C([C@H]1COc2ccccc2O1)N1[C@H]2CC=C[C@H]1CC2. The van der Waals surface area contributed by atoms with Crippen molar-refractivity contribution in [1.82, 2.24) is 4.90 Å². The minimum Gasteiger partial charge on any atom is -0.485 e. The highest BCUT2D eigenvalue weighted by molar-refractivity contribution is 5.83. The van der Waals surface area contributed by atoms with Crippen molar-refractivity contribution < 1.29 is 14.3 Å². The van der Waals surface area contributed by atoms with Crippen LogP contribution in [0.1, 0.15) is 19.3 Å². The second kappa shape index (κ2) is 4.54. The lowest BCUT2D eigenvalue weighted by atomic mass is 10.1. The summed E-state index contributed by atoms with van der Waals surface area (Å²) >= 11 is 0. The summed E-state index contributed by atoms with van der Waals surface area (Å²) in [5.74, 6) is 1.45. The van der Waals surface area contributed by atoms with E-state index < -0.39 is 6.10 Å². The molecule has 0 aliphatic carbocycles.